The summed E-state index contributed by atoms with van der Waals surface area (Å²) < 4.78 is 5.96. The number of anilines is 1. The highest BCUT2D eigenvalue weighted by Gasteiger charge is 2.16. The van der Waals surface area contributed by atoms with Crippen LogP contribution >= 0.6 is 27.3 Å². The van der Waals surface area contributed by atoms with Gasteiger partial charge in [0.05, 0.1) is 23.8 Å². The molecule has 0 amide bonds. The van der Waals surface area contributed by atoms with Gasteiger partial charge in [-0.15, -0.1) is 11.3 Å². The summed E-state index contributed by atoms with van der Waals surface area (Å²) in [5.41, 5.74) is 1.86. The monoisotopic (exact) mass is 380 g/mol. The van der Waals surface area contributed by atoms with Crippen LogP contribution in [-0.2, 0) is 12.8 Å². The number of aromatic nitrogens is 1. The van der Waals surface area contributed by atoms with Crippen molar-refractivity contribution in [3.05, 3.63) is 38.8 Å². The lowest BCUT2D eigenvalue weighted by molar-refractivity contribution is 0.101. The largest absolute Gasteiger partial charge is 0.496 e. The average molecular weight is 381 g/mol. The summed E-state index contributed by atoms with van der Waals surface area (Å²) in [6.45, 7) is 0.255. The molecule has 0 atom stereocenters. The van der Waals surface area contributed by atoms with Crippen molar-refractivity contribution in [2.75, 3.05) is 19.0 Å². The maximum absolute atomic E-state index is 12.3. The third kappa shape index (κ3) is 3.33. The van der Waals surface area contributed by atoms with E-state index in [0.717, 1.165) is 28.2 Å². The fraction of sp³-hybridized carbons (Fsp3) is 0.375. The van der Waals surface area contributed by atoms with Gasteiger partial charge in [0.1, 0.15) is 5.75 Å². The predicted molar refractivity (Wildman–Crippen MR) is 92.3 cm³/mol. The number of carbonyl (C=O) groups is 1. The Kier molecular flexibility index (Phi) is 4.78. The number of Topliss-reactive ketones (excluding diaryl/α,β-unsaturated/α-hetero) is 1. The third-order valence-corrected chi connectivity index (χ3v) is 5.45. The van der Waals surface area contributed by atoms with Gasteiger partial charge in [0.25, 0.3) is 0 Å². The van der Waals surface area contributed by atoms with Crippen LogP contribution in [0.2, 0.25) is 0 Å². The van der Waals surface area contributed by atoms with Crippen molar-refractivity contribution in [3.8, 4) is 5.75 Å². The van der Waals surface area contributed by atoms with Crippen molar-refractivity contribution in [1.82, 2.24) is 4.98 Å². The second-order valence-electron chi connectivity index (χ2n) is 5.22. The van der Waals surface area contributed by atoms with E-state index in [4.69, 9.17) is 4.74 Å². The molecule has 2 aromatic rings. The molecule has 1 aliphatic carbocycles. The molecule has 22 heavy (non-hydrogen) atoms. The van der Waals surface area contributed by atoms with Crippen LogP contribution in [0, 0.1) is 0 Å². The number of fused-ring (bicyclic) bond motifs is 1. The van der Waals surface area contributed by atoms with Crippen molar-refractivity contribution in [3.63, 3.8) is 0 Å². The van der Waals surface area contributed by atoms with Crippen LogP contribution in [0.15, 0.2) is 22.7 Å². The lowest BCUT2D eigenvalue weighted by Crippen LogP contribution is -2.14. The Morgan fingerprint density at radius 1 is 1.41 bits per heavy atom. The summed E-state index contributed by atoms with van der Waals surface area (Å²) in [7, 11) is 1.60. The molecule has 1 aromatic heterocycles. The van der Waals surface area contributed by atoms with E-state index in [1.54, 1.807) is 36.6 Å². The summed E-state index contributed by atoms with van der Waals surface area (Å²) >= 11 is 5.08. The Morgan fingerprint density at radius 3 is 2.95 bits per heavy atom. The summed E-state index contributed by atoms with van der Waals surface area (Å²) in [4.78, 5) is 18.2. The first-order valence-electron chi connectivity index (χ1n) is 7.26. The highest BCUT2D eigenvalue weighted by atomic mass is 79.9. The first-order chi connectivity index (χ1) is 10.7. The Balaban J connectivity index is 1.64. The van der Waals surface area contributed by atoms with Crippen LogP contribution in [0.1, 0.15) is 33.8 Å². The molecule has 0 fully saturated rings. The highest BCUT2D eigenvalue weighted by Crippen LogP contribution is 2.29. The summed E-state index contributed by atoms with van der Waals surface area (Å²) in [6, 6.07) is 5.36. The first-order valence-corrected chi connectivity index (χ1v) is 8.87. The van der Waals surface area contributed by atoms with Gasteiger partial charge in [0.15, 0.2) is 10.9 Å². The molecule has 1 aromatic carbocycles. The van der Waals surface area contributed by atoms with Crippen LogP contribution in [0.5, 0.6) is 5.75 Å². The van der Waals surface area contributed by atoms with E-state index in [1.807, 2.05) is 0 Å². The van der Waals surface area contributed by atoms with Crippen molar-refractivity contribution in [2.24, 2.45) is 0 Å². The quantitative estimate of drug-likeness (QED) is 0.793. The SMILES string of the molecule is COc1ccc(C(=O)CNc2nc3c(s2)CCCC3)cc1Br. The molecule has 3 rings (SSSR count). The van der Waals surface area contributed by atoms with Crippen molar-refractivity contribution < 1.29 is 9.53 Å². The summed E-state index contributed by atoms with van der Waals surface area (Å²) in [6.07, 6.45) is 4.64. The Hall–Kier alpha value is -1.40. The van der Waals surface area contributed by atoms with E-state index in [1.165, 1.54) is 23.4 Å². The average Bonchev–Trinajstić information content (AvgIpc) is 2.95. The number of aryl methyl sites for hydroxylation is 2. The van der Waals surface area contributed by atoms with Crippen LogP contribution in [0.3, 0.4) is 0 Å². The summed E-state index contributed by atoms with van der Waals surface area (Å²) in [5.74, 6) is 0.758. The van der Waals surface area contributed by atoms with Gasteiger partial charge in [-0.05, 0) is 59.8 Å². The lowest BCUT2D eigenvalue weighted by Gasteiger charge is -2.06. The Labute approximate surface area is 142 Å². The topological polar surface area (TPSA) is 51.2 Å². The number of nitrogens with zero attached hydrogens (tertiary/aromatic N) is 1. The maximum Gasteiger partial charge on any atom is 0.183 e. The van der Waals surface area contributed by atoms with E-state index in [-0.39, 0.29) is 12.3 Å². The molecule has 0 aliphatic heterocycles. The molecule has 1 heterocycles. The molecule has 0 bridgehead atoms. The zero-order valence-corrected chi connectivity index (χ0v) is 14.7. The van der Waals surface area contributed by atoms with Gasteiger partial charge < -0.3 is 10.1 Å². The molecule has 0 radical (unpaired) electrons. The second-order valence-corrected chi connectivity index (χ2v) is 7.16. The minimum atomic E-state index is 0.0384. The number of ether oxygens (including phenoxy) is 1. The van der Waals surface area contributed by atoms with E-state index >= 15 is 0 Å². The number of halogens is 1. The number of nitrogens with one attached hydrogen (secondary N) is 1. The number of hydrogen-bond acceptors (Lipinski definition) is 5. The molecular weight excluding hydrogens is 364 g/mol. The van der Waals surface area contributed by atoms with E-state index in [2.05, 4.69) is 26.2 Å². The minimum Gasteiger partial charge on any atom is -0.496 e. The van der Waals surface area contributed by atoms with Crippen molar-refractivity contribution >= 4 is 38.2 Å². The van der Waals surface area contributed by atoms with Gasteiger partial charge >= 0.3 is 0 Å². The van der Waals surface area contributed by atoms with E-state index in [9.17, 15) is 4.79 Å². The zero-order valence-electron chi connectivity index (χ0n) is 12.3. The molecule has 0 saturated carbocycles. The molecule has 0 spiro atoms. The van der Waals surface area contributed by atoms with Gasteiger partial charge in [-0.25, -0.2) is 4.98 Å². The molecule has 116 valence electrons. The Bertz CT molecular complexity index is 676. The number of methoxy groups -OCH3 is 1. The second kappa shape index (κ2) is 6.79. The maximum atomic E-state index is 12.3. The van der Waals surface area contributed by atoms with Gasteiger partial charge in [0.2, 0.25) is 0 Å². The molecule has 4 nitrogen and oxygen atoms in total. The fourth-order valence-corrected chi connectivity index (χ4v) is 4.11. The summed E-state index contributed by atoms with van der Waals surface area (Å²) in [5, 5.41) is 4.01. The van der Waals surface area contributed by atoms with Gasteiger partial charge in [-0.2, -0.15) is 0 Å². The fourth-order valence-electron chi connectivity index (χ4n) is 2.53. The zero-order chi connectivity index (χ0) is 15.5. The number of benzene rings is 1. The standard InChI is InChI=1S/C16H17BrN2O2S/c1-21-14-7-6-10(8-11(14)17)13(20)9-18-16-19-12-4-2-3-5-15(12)22-16/h6-8H,2-5,9H2,1H3,(H,18,19). The first kappa shape index (κ1) is 15.5. The third-order valence-electron chi connectivity index (χ3n) is 3.72. The van der Waals surface area contributed by atoms with Gasteiger partial charge in [-0.1, -0.05) is 0 Å². The minimum absolute atomic E-state index is 0.0384. The number of rotatable bonds is 5. The Morgan fingerprint density at radius 2 is 2.23 bits per heavy atom. The van der Waals surface area contributed by atoms with Gasteiger partial charge in [0, 0.05) is 10.4 Å². The number of thiazole rings is 1. The van der Waals surface area contributed by atoms with Crippen LogP contribution in [-0.4, -0.2) is 24.4 Å². The normalized spacial score (nSPS) is 13.5. The van der Waals surface area contributed by atoms with E-state index < -0.39 is 0 Å². The van der Waals surface area contributed by atoms with Crippen LogP contribution in [0.25, 0.3) is 0 Å². The van der Waals surface area contributed by atoms with Crippen LogP contribution in [0.4, 0.5) is 5.13 Å². The number of hydrogen-bond donors (Lipinski definition) is 1. The molecule has 1 N–H and O–H groups in total. The molecule has 0 saturated heterocycles. The predicted octanol–water partition coefficient (Wildman–Crippen LogP) is 4.09. The lowest BCUT2D eigenvalue weighted by atomic mass is 10.0. The molecular formula is C16H17BrN2O2S. The molecule has 6 heteroatoms. The number of ketones is 1. The molecule has 0 unspecified atom stereocenters. The van der Waals surface area contributed by atoms with Crippen molar-refractivity contribution in [1.29, 1.82) is 0 Å². The number of carbonyl (C=O) groups excluding carboxylic acids is 1. The van der Waals surface area contributed by atoms with E-state index in [0.29, 0.717) is 5.56 Å². The molecule has 1 aliphatic rings. The van der Waals surface area contributed by atoms with Crippen molar-refractivity contribution in [2.45, 2.75) is 25.7 Å². The van der Waals surface area contributed by atoms with Gasteiger partial charge in [-0.3, -0.25) is 4.79 Å². The van der Waals surface area contributed by atoms with Crippen LogP contribution < -0.4 is 10.1 Å². The highest BCUT2D eigenvalue weighted by molar-refractivity contribution is 9.10. The smallest absolute Gasteiger partial charge is 0.183 e.